The number of carboxylic acids is 1. The van der Waals surface area contributed by atoms with E-state index < -0.39 is 17.6 Å². The Morgan fingerprint density at radius 1 is 1.29 bits per heavy atom. The summed E-state index contributed by atoms with van der Waals surface area (Å²) in [6.45, 7) is 0. The van der Waals surface area contributed by atoms with Crippen molar-refractivity contribution >= 4 is 11.8 Å². The van der Waals surface area contributed by atoms with Crippen molar-refractivity contribution in [2.24, 2.45) is 0 Å². The van der Waals surface area contributed by atoms with Gasteiger partial charge in [-0.2, -0.15) is 0 Å². The molecule has 1 aromatic heterocycles. The number of carbonyl (C=O) groups excluding carboxylic acids is 1. The number of Topliss-reactive ketones (excluding diaryl/α,β-unsaturated/α-hetero) is 1. The van der Waals surface area contributed by atoms with E-state index in [1.54, 1.807) is 6.07 Å². The summed E-state index contributed by atoms with van der Waals surface area (Å²) >= 11 is 0. The Hall–Kier alpha value is -2.50. The first-order chi connectivity index (χ1) is 8.09. The number of nitrogens with zero attached hydrogens (tertiary/aromatic N) is 1. The summed E-state index contributed by atoms with van der Waals surface area (Å²) in [6.07, 6.45) is 1.07. The number of halogens is 1. The number of hydrogen-bond donors (Lipinski definition) is 2. The molecule has 6 heteroatoms. The third-order valence-electron chi connectivity index (χ3n) is 2.14. The molecule has 0 aliphatic heterocycles. The molecule has 0 fully saturated rings. The van der Waals surface area contributed by atoms with Crippen LogP contribution >= 0.6 is 0 Å². The molecule has 0 spiro atoms. The normalized spacial score (nSPS) is 10.2. The SMILES string of the molecule is O=C(O)C(=O)c1cnc(-c2ccccc2F)[nH]1. The number of hydrogen-bond acceptors (Lipinski definition) is 3. The van der Waals surface area contributed by atoms with Gasteiger partial charge in [-0.25, -0.2) is 14.2 Å². The molecule has 0 unspecified atom stereocenters. The lowest BCUT2D eigenvalue weighted by Crippen LogP contribution is -2.12. The largest absolute Gasteiger partial charge is 0.475 e. The monoisotopic (exact) mass is 234 g/mol. The highest BCUT2D eigenvalue weighted by Crippen LogP contribution is 2.19. The molecule has 0 radical (unpaired) electrons. The van der Waals surface area contributed by atoms with Gasteiger partial charge >= 0.3 is 5.97 Å². The highest BCUT2D eigenvalue weighted by Gasteiger charge is 2.18. The first-order valence-electron chi connectivity index (χ1n) is 4.67. The Bertz CT molecular complexity index is 592. The quantitative estimate of drug-likeness (QED) is 0.622. The molecule has 2 rings (SSSR count). The van der Waals surface area contributed by atoms with Crippen LogP contribution in [-0.2, 0) is 4.79 Å². The molecule has 0 saturated heterocycles. The first kappa shape index (κ1) is 11.0. The molecule has 0 bridgehead atoms. The van der Waals surface area contributed by atoms with Crippen molar-refractivity contribution in [1.29, 1.82) is 0 Å². The van der Waals surface area contributed by atoms with Crippen molar-refractivity contribution in [2.45, 2.75) is 0 Å². The van der Waals surface area contributed by atoms with Crippen LogP contribution in [0.15, 0.2) is 30.5 Å². The van der Waals surface area contributed by atoms with Gasteiger partial charge in [0.25, 0.3) is 5.78 Å². The fraction of sp³-hybridized carbons (Fsp3) is 0. The molecular formula is C11H7FN2O3. The van der Waals surface area contributed by atoms with Gasteiger partial charge in [0.1, 0.15) is 17.3 Å². The third kappa shape index (κ3) is 2.05. The van der Waals surface area contributed by atoms with Crippen molar-refractivity contribution in [1.82, 2.24) is 9.97 Å². The summed E-state index contributed by atoms with van der Waals surface area (Å²) in [5, 5.41) is 8.50. The third-order valence-corrected chi connectivity index (χ3v) is 2.14. The number of carboxylic acid groups (broad SMARTS) is 1. The van der Waals surface area contributed by atoms with Crippen molar-refractivity contribution in [3.8, 4) is 11.4 Å². The second-order valence-corrected chi connectivity index (χ2v) is 3.26. The van der Waals surface area contributed by atoms with E-state index in [1.165, 1.54) is 18.2 Å². The molecule has 1 aromatic carbocycles. The van der Waals surface area contributed by atoms with E-state index in [4.69, 9.17) is 5.11 Å². The zero-order chi connectivity index (χ0) is 12.4. The number of aliphatic carboxylic acids is 1. The Kier molecular flexibility index (Phi) is 2.70. The Morgan fingerprint density at radius 2 is 2.00 bits per heavy atom. The van der Waals surface area contributed by atoms with Gasteiger partial charge in [-0.15, -0.1) is 0 Å². The average molecular weight is 234 g/mol. The second-order valence-electron chi connectivity index (χ2n) is 3.26. The fourth-order valence-electron chi connectivity index (χ4n) is 1.34. The van der Waals surface area contributed by atoms with Crippen molar-refractivity contribution in [3.05, 3.63) is 42.0 Å². The number of carbonyl (C=O) groups is 2. The minimum atomic E-state index is -1.59. The van der Waals surface area contributed by atoms with Crippen molar-refractivity contribution in [2.75, 3.05) is 0 Å². The van der Waals surface area contributed by atoms with E-state index in [-0.39, 0.29) is 17.1 Å². The zero-order valence-corrected chi connectivity index (χ0v) is 8.48. The summed E-state index contributed by atoms with van der Waals surface area (Å²) in [5.74, 6) is -3.09. The lowest BCUT2D eigenvalue weighted by Gasteiger charge is -1.97. The topological polar surface area (TPSA) is 83.0 Å². The van der Waals surface area contributed by atoms with E-state index in [0.29, 0.717) is 0 Å². The van der Waals surface area contributed by atoms with Crippen LogP contribution in [0.1, 0.15) is 10.5 Å². The first-order valence-corrected chi connectivity index (χ1v) is 4.67. The van der Waals surface area contributed by atoms with Gasteiger partial charge in [0.15, 0.2) is 0 Å². The maximum Gasteiger partial charge on any atom is 0.378 e. The zero-order valence-electron chi connectivity index (χ0n) is 8.48. The van der Waals surface area contributed by atoms with E-state index in [0.717, 1.165) is 6.20 Å². The minimum Gasteiger partial charge on any atom is -0.475 e. The summed E-state index contributed by atoms with van der Waals surface area (Å²) < 4.78 is 13.4. The number of imidazole rings is 1. The highest BCUT2D eigenvalue weighted by atomic mass is 19.1. The van der Waals surface area contributed by atoms with E-state index in [2.05, 4.69) is 9.97 Å². The molecule has 86 valence electrons. The molecule has 0 atom stereocenters. The number of aromatic nitrogens is 2. The fourth-order valence-corrected chi connectivity index (χ4v) is 1.34. The number of ketones is 1. The molecule has 0 aliphatic rings. The van der Waals surface area contributed by atoms with Crippen molar-refractivity contribution in [3.63, 3.8) is 0 Å². The summed E-state index contributed by atoms with van der Waals surface area (Å²) in [6, 6.07) is 5.85. The second kappa shape index (κ2) is 4.17. The van der Waals surface area contributed by atoms with Crippen LogP contribution in [0.3, 0.4) is 0 Å². The van der Waals surface area contributed by atoms with Gasteiger partial charge in [-0.05, 0) is 12.1 Å². The number of aromatic amines is 1. The molecule has 1 heterocycles. The van der Waals surface area contributed by atoms with Crippen LogP contribution in [-0.4, -0.2) is 26.8 Å². The van der Waals surface area contributed by atoms with Crippen LogP contribution in [0.5, 0.6) is 0 Å². The molecule has 0 aliphatic carbocycles. The lowest BCUT2D eigenvalue weighted by molar-refractivity contribution is -0.131. The maximum atomic E-state index is 13.4. The highest BCUT2D eigenvalue weighted by molar-refractivity contribution is 6.39. The van der Waals surface area contributed by atoms with Gasteiger partial charge in [0.2, 0.25) is 0 Å². The lowest BCUT2D eigenvalue weighted by atomic mass is 10.2. The summed E-state index contributed by atoms with van der Waals surface area (Å²) in [7, 11) is 0. The number of H-pyrrole nitrogens is 1. The average Bonchev–Trinajstić information content (AvgIpc) is 2.77. The predicted octanol–water partition coefficient (Wildman–Crippen LogP) is 1.48. The number of rotatable bonds is 3. The maximum absolute atomic E-state index is 13.4. The standard InChI is InChI=1S/C11H7FN2O3/c12-7-4-2-1-3-6(7)10-13-5-8(14-10)9(15)11(16)17/h1-5H,(H,13,14)(H,16,17). The molecule has 2 N–H and O–H groups in total. The van der Waals surface area contributed by atoms with E-state index >= 15 is 0 Å². The molecule has 0 amide bonds. The van der Waals surface area contributed by atoms with Gasteiger partial charge in [-0.1, -0.05) is 12.1 Å². The Labute approximate surface area is 94.9 Å². The van der Waals surface area contributed by atoms with E-state index in [9.17, 15) is 14.0 Å². The van der Waals surface area contributed by atoms with E-state index in [1.807, 2.05) is 0 Å². The van der Waals surface area contributed by atoms with Crippen LogP contribution in [0, 0.1) is 5.82 Å². The molecule has 0 saturated carbocycles. The van der Waals surface area contributed by atoms with Crippen LogP contribution in [0.2, 0.25) is 0 Å². The van der Waals surface area contributed by atoms with Gasteiger partial charge < -0.3 is 10.1 Å². The summed E-state index contributed by atoms with van der Waals surface area (Å²) in [5.41, 5.74) is -0.00677. The Balaban J connectivity index is 2.40. The molecule has 17 heavy (non-hydrogen) atoms. The molecular weight excluding hydrogens is 227 g/mol. The Morgan fingerprint density at radius 3 is 2.65 bits per heavy atom. The van der Waals surface area contributed by atoms with Gasteiger partial charge in [0, 0.05) is 0 Å². The summed E-state index contributed by atoms with van der Waals surface area (Å²) in [4.78, 5) is 27.8. The number of nitrogens with one attached hydrogen (secondary N) is 1. The van der Waals surface area contributed by atoms with Crippen LogP contribution in [0.4, 0.5) is 4.39 Å². The molecule has 5 nitrogen and oxygen atoms in total. The predicted molar refractivity (Wildman–Crippen MR) is 55.9 cm³/mol. The smallest absolute Gasteiger partial charge is 0.378 e. The van der Waals surface area contributed by atoms with Gasteiger partial charge in [-0.3, -0.25) is 4.79 Å². The van der Waals surface area contributed by atoms with Gasteiger partial charge in [0.05, 0.1) is 11.8 Å². The molecule has 2 aromatic rings. The number of benzene rings is 1. The minimum absolute atomic E-state index is 0.118. The van der Waals surface area contributed by atoms with Crippen LogP contribution < -0.4 is 0 Å². The van der Waals surface area contributed by atoms with Crippen LogP contribution in [0.25, 0.3) is 11.4 Å². The van der Waals surface area contributed by atoms with Crippen molar-refractivity contribution < 1.29 is 19.1 Å².